The molecule has 2 heterocycles. The highest BCUT2D eigenvalue weighted by molar-refractivity contribution is 7.84. The number of carboxylic acid groups (broad SMARTS) is 1. The number of aliphatic carboxylic acids is 1. The third-order valence-corrected chi connectivity index (χ3v) is 5.37. The van der Waals surface area contributed by atoms with Gasteiger partial charge in [-0.2, -0.15) is 8.42 Å². The van der Waals surface area contributed by atoms with Gasteiger partial charge in [-0.3, -0.25) is 14.1 Å². The van der Waals surface area contributed by atoms with Crippen molar-refractivity contribution in [3.63, 3.8) is 0 Å². The molecule has 31 heavy (non-hydrogen) atoms. The minimum atomic E-state index is -4.94. The van der Waals surface area contributed by atoms with Crippen molar-refractivity contribution in [2.45, 2.75) is 6.04 Å². The lowest BCUT2D eigenvalue weighted by Gasteiger charge is -2.43. The molecule has 7 N–H and O–H groups in total. The Morgan fingerprint density at radius 3 is 2.58 bits per heavy atom. The van der Waals surface area contributed by atoms with Gasteiger partial charge in [-0.25, -0.2) is 18.9 Å². The summed E-state index contributed by atoms with van der Waals surface area (Å²) in [5.41, 5.74) is 9.81. The Labute approximate surface area is 177 Å². The first-order valence-corrected chi connectivity index (χ1v) is 10.3. The molecule has 1 saturated heterocycles. The van der Waals surface area contributed by atoms with E-state index in [9.17, 15) is 27.6 Å². The second-order valence-electron chi connectivity index (χ2n) is 5.80. The van der Waals surface area contributed by atoms with E-state index in [1.165, 1.54) is 5.38 Å². The van der Waals surface area contributed by atoms with E-state index < -0.39 is 71.6 Å². The summed E-state index contributed by atoms with van der Waals surface area (Å²) in [6, 6.07) is -1.33. The van der Waals surface area contributed by atoms with Crippen LogP contribution in [0.1, 0.15) is 5.69 Å². The number of ether oxygens (including phenoxy) is 1. The van der Waals surface area contributed by atoms with Gasteiger partial charge < -0.3 is 31.5 Å². The molecule has 0 saturated carbocycles. The van der Waals surface area contributed by atoms with Crippen LogP contribution in [-0.4, -0.2) is 82.8 Å². The van der Waals surface area contributed by atoms with Gasteiger partial charge in [0.2, 0.25) is 12.5 Å². The number of nitrogens with one attached hydrogen (secondary N) is 1. The van der Waals surface area contributed by atoms with Crippen molar-refractivity contribution < 1.29 is 46.8 Å². The number of anilines is 1. The van der Waals surface area contributed by atoms with Crippen molar-refractivity contribution >= 4 is 56.4 Å². The van der Waals surface area contributed by atoms with Crippen LogP contribution in [0, 0.1) is 5.92 Å². The summed E-state index contributed by atoms with van der Waals surface area (Å²) in [6.07, 6.45) is -1.25. The third kappa shape index (κ3) is 5.99. The molecule has 1 fully saturated rings. The molecule has 0 aliphatic carbocycles. The van der Waals surface area contributed by atoms with Crippen LogP contribution in [0.4, 0.5) is 9.93 Å². The number of rotatable bonds is 10. The van der Waals surface area contributed by atoms with Gasteiger partial charge in [-0.05, 0) is 0 Å². The molecule has 0 bridgehead atoms. The van der Waals surface area contributed by atoms with Crippen LogP contribution in [0.5, 0.6) is 0 Å². The van der Waals surface area contributed by atoms with Gasteiger partial charge in [0, 0.05) is 11.9 Å². The van der Waals surface area contributed by atoms with Gasteiger partial charge in [-0.1, -0.05) is 5.16 Å². The number of β-lactam (4-membered cyclic amide) rings is 1. The van der Waals surface area contributed by atoms with E-state index in [1.807, 2.05) is 0 Å². The van der Waals surface area contributed by atoms with Crippen LogP contribution < -0.4 is 16.8 Å². The number of amides is 3. The lowest BCUT2D eigenvalue weighted by atomic mass is 9.91. The maximum atomic E-state index is 12.5. The van der Waals surface area contributed by atoms with Crippen LogP contribution in [-0.2, 0) is 34.3 Å². The summed E-state index contributed by atoms with van der Waals surface area (Å²) in [5, 5.41) is 15.7. The van der Waals surface area contributed by atoms with Crippen molar-refractivity contribution in [1.29, 1.82) is 0 Å². The fraction of sp³-hybridized carbons (Fsp3) is 0.385. The van der Waals surface area contributed by atoms with E-state index in [0.29, 0.717) is 0 Å². The monoisotopic (exact) mass is 480 g/mol. The number of hydrogen-bond donors (Lipinski definition) is 5. The number of carboxylic acids is 1. The molecule has 0 aromatic carbocycles. The minimum Gasteiger partial charge on any atom is -0.479 e. The van der Waals surface area contributed by atoms with Crippen molar-refractivity contribution in [2.75, 3.05) is 25.5 Å². The number of nitrogens with zero attached hydrogens (tertiary/aromatic N) is 3. The molecule has 3 amide bonds. The molecule has 1 aromatic heterocycles. The molecule has 170 valence electrons. The maximum Gasteiger partial charge on any atom is 0.404 e. The summed E-state index contributed by atoms with van der Waals surface area (Å²) in [4.78, 5) is 54.3. The molecule has 0 spiro atoms. The summed E-state index contributed by atoms with van der Waals surface area (Å²) >= 11 is 0.961. The minimum absolute atomic E-state index is 0.0431. The summed E-state index contributed by atoms with van der Waals surface area (Å²) in [6.45, 7) is -1.98. The Morgan fingerprint density at radius 1 is 1.39 bits per heavy atom. The molecule has 0 unspecified atom stereocenters. The predicted molar refractivity (Wildman–Crippen MR) is 101 cm³/mol. The molecule has 1 aromatic rings. The second kappa shape index (κ2) is 9.53. The largest absolute Gasteiger partial charge is 0.479 e. The number of aromatic nitrogens is 1. The highest BCUT2D eigenvalue weighted by Gasteiger charge is 2.53. The molecule has 2 rings (SSSR count). The number of thiazole rings is 1. The Kier molecular flexibility index (Phi) is 7.31. The van der Waals surface area contributed by atoms with Crippen molar-refractivity contribution in [3.8, 4) is 0 Å². The second-order valence-corrected chi connectivity index (χ2v) is 7.98. The maximum absolute atomic E-state index is 12.5. The first-order chi connectivity index (χ1) is 14.4. The number of nitrogens with two attached hydrogens (primary N) is 2. The van der Waals surface area contributed by atoms with E-state index in [0.717, 1.165) is 11.3 Å². The topological polar surface area (TPSA) is 254 Å². The molecule has 2 atom stereocenters. The average molecular weight is 480 g/mol. The SMILES string of the molecule is NC(=O)OC[C@@H]1[C@H](CNC(=O)/C(=N\OCC(=O)O)c2csc(N)n2)C(=O)N1S(=O)(=O)O. The molecule has 18 heteroatoms. The standard InChI is InChI=1S/C13H16N6O10S2/c14-12-17-6(4-30-12)9(18-29-3-8(20)21)10(22)16-1-5-7(2-28-13(15)24)19(11(5)23)31(25,26)27/h4-5,7H,1-3H2,(H2,14,17)(H2,15,24)(H,16,22)(H,20,21)(H,25,26,27)/b18-9-/t5-,7+/m0/s1. The fourth-order valence-electron chi connectivity index (χ4n) is 2.47. The summed E-state index contributed by atoms with van der Waals surface area (Å²) in [5.74, 6) is -4.58. The molecular formula is C13H16N6O10S2. The Morgan fingerprint density at radius 2 is 2.06 bits per heavy atom. The third-order valence-electron chi connectivity index (χ3n) is 3.75. The van der Waals surface area contributed by atoms with Crippen LogP contribution in [0.15, 0.2) is 10.5 Å². The molecule has 16 nitrogen and oxygen atoms in total. The van der Waals surface area contributed by atoms with Gasteiger partial charge in [0.25, 0.3) is 5.91 Å². The first kappa shape index (κ1) is 23.8. The lowest BCUT2D eigenvalue weighted by Crippen LogP contribution is -2.67. The van der Waals surface area contributed by atoms with Gasteiger partial charge in [0.15, 0.2) is 10.8 Å². The number of carbonyl (C=O) groups excluding carboxylic acids is 3. The van der Waals surface area contributed by atoms with Crippen molar-refractivity contribution in [3.05, 3.63) is 11.1 Å². The Balaban J connectivity index is 2.13. The quantitative estimate of drug-likeness (QED) is 0.0997. The van der Waals surface area contributed by atoms with Gasteiger partial charge >= 0.3 is 22.4 Å². The predicted octanol–water partition coefficient (Wildman–Crippen LogP) is -2.63. The number of carbonyl (C=O) groups is 4. The fourth-order valence-corrected chi connectivity index (χ4v) is 3.93. The van der Waals surface area contributed by atoms with E-state index >= 15 is 0 Å². The number of nitrogen functional groups attached to an aromatic ring is 1. The van der Waals surface area contributed by atoms with Crippen LogP contribution in [0.3, 0.4) is 0 Å². The van der Waals surface area contributed by atoms with Crippen LogP contribution in [0.2, 0.25) is 0 Å². The van der Waals surface area contributed by atoms with Gasteiger partial charge in [0.05, 0.1) is 12.0 Å². The van der Waals surface area contributed by atoms with Crippen LogP contribution in [0.25, 0.3) is 0 Å². The normalized spacial score (nSPS) is 18.8. The average Bonchev–Trinajstić information content (AvgIpc) is 3.06. The Bertz CT molecular complexity index is 1020. The lowest BCUT2D eigenvalue weighted by molar-refractivity contribution is -0.149. The van der Waals surface area contributed by atoms with Gasteiger partial charge in [0.1, 0.15) is 12.3 Å². The smallest absolute Gasteiger partial charge is 0.404 e. The van der Waals surface area contributed by atoms with E-state index in [-0.39, 0.29) is 15.1 Å². The zero-order chi connectivity index (χ0) is 23.3. The van der Waals surface area contributed by atoms with Crippen molar-refractivity contribution in [2.24, 2.45) is 16.8 Å². The van der Waals surface area contributed by atoms with E-state index in [2.05, 4.69) is 25.0 Å². The zero-order valence-electron chi connectivity index (χ0n) is 15.3. The van der Waals surface area contributed by atoms with E-state index in [1.54, 1.807) is 0 Å². The summed E-state index contributed by atoms with van der Waals surface area (Å²) < 4.78 is 36.4. The number of primary amides is 1. The molecule has 1 aliphatic rings. The summed E-state index contributed by atoms with van der Waals surface area (Å²) in [7, 11) is -4.94. The molecule has 1 aliphatic heterocycles. The highest BCUT2D eigenvalue weighted by atomic mass is 32.2. The van der Waals surface area contributed by atoms with Gasteiger partial charge in [-0.15, -0.1) is 11.3 Å². The molecular weight excluding hydrogens is 464 g/mol. The number of hydrogen-bond acceptors (Lipinski definition) is 12. The zero-order valence-corrected chi connectivity index (χ0v) is 17.0. The Hall–Kier alpha value is -3.51. The molecule has 0 radical (unpaired) electrons. The van der Waals surface area contributed by atoms with Crippen LogP contribution >= 0.6 is 11.3 Å². The van der Waals surface area contributed by atoms with E-state index in [4.69, 9.17) is 21.1 Å². The number of oxime groups is 1. The highest BCUT2D eigenvalue weighted by Crippen LogP contribution is 2.29. The first-order valence-electron chi connectivity index (χ1n) is 8.06. The van der Waals surface area contributed by atoms with Crippen molar-refractivity contribution in [1.82, 2.24) is 14.6 Å².